The van der Waals surface area contributed by atoms with Crippen molar-refractivity contribution in [3.8, 4) is 0 Å². The molecule has 28 aromatic carbocycles. The van der Waals surface area contributed by atoms with Crippen LogP contribution in [0.2, 0.25) is 0 Å². The zero-order valence-electron chi connectivity index (χ0n) is 31.7. The predicted octanol–water partition coefficient (Wildman–Crippen LogP) is 17.4. The van der Waals surface area contributed by atoms with Gasteiger partial charge in [-0.2, -0.15) is 0 Å². The van der Waals surface area contributed by atoms with Crippen LogP contribution in [0, 0.1) is 5.92 Å². The fraction of sp³-hybridized carbons (Fsp3) is 0.0484. The molecule has 0 spiro atoms. The second-order valence-corrected chi connectivity index (χ2v) is 23.4. The molecule has 1 unspecified atom stereocenters. The molecule has 253 valence electrons. The third-order valence-electron chi connectivity index (χ3n) is 23.6. The van der Waals surface area contributed by atoms with Crippen LogP contribution in [-0.4, -0.2) is 0 Å². The van der Waals surface area contributed by atoms with Crippen LogP contribution in [-0.2, 0) is 5.41 Å². The van der Waals surface area contributed by atoms with Crippen LogP contribution >= 0.6 is 0 Å². The van der Waals surface area contributed by atoms with E-state index in [4.69, 9.17) is 0 Å². The van der Waals surface area contributed by atoms with E-state index < -0.39 is 0 Å². The summed E-state index contributed by atoms with van der Waals surface area (Å²) in [6.45, 7) is 2.62. The summed E-state index contributed by atoms with van der Waals surface area (Å²) in [4.78, 5) is 0. The van der Waals surface area contributed by atoms with Crippen molar-refractivity contribution in [1.29, 1.82) is 0 Å². The first-order valence-corrected chi connectivity index (χ1v) is 23.6. The molecule has 0 fully saturated rings. The number of hydrogen-bond acceptors (Lipinski definition) is 0. The van der Waals surface area contributed by atoms with Crippen LogP contribution < -0.4 is 0 Å². The van der Waals surface area contributed by atoms with Gasteiger partial charge in [-0.15, -0.1) is 0 Å². The summed E-state index contributed by atoms with van der Waals surface area (Å²) in [5.41, 5.74) is 6.82. The van der Waals surface area contributed by atoms with Gasteiger partial charge in [0, 0.05) is 5.41 Å². The molecule has 32 rings (SSSR count). The highest BCUT2D eigenvalue weighted by atomic mass is 14.6. The highest BCUT2D eigenvalue weighted by molar-refractivity contribution is 6.82. The Morgan fingerprint density at radius 2 is 0.323 bits per heavy atom. The van der Waals surface area contributed by atoms with Gasteiger partial charge in [-0.1, -0.05) is 6.92 Å². The zero-order valence-corrected chi connectivity index (χ0v) is 31.7. The van der Waals surface area contributed by atoms with Gasteiger partial charge in [0.25, 0.3) is 0 Å². The summed E-state index contributed by atoms with van der Waals surface area (Å²) in [5.74, 6) is 1.77. The van der Waals surface area contributed by atoms with Crippen molar-refractivity contribution in [2.24, 2.45) is 0 Å². The molecule has 0 aromatic heterocycles. The normalized spacial score (nSPS) is 21.0. The first-order chi connectivity index (χ1) is 30.9. The van der Waals surface area contributed by atoms with E-state index in [1.807, 2.05) is 0 Å². The van der Waals surface area contributed by atoms with E-state index >= 15 is 0 Å². The smallest absolute Gasteiger partial charge is 0.0515 e. The molecule has 1 atom stereocenters. The van der Waals surface area contributed by atoms with Crippen molar-refractivity contribution in [1.82, 2.24) is 0 Å². The van der Waals surface area contributed by atoms with Gasteiger partial charge in [-0.3, -0.25) is 0 Å². The van der Waals surface area contributed by atoms with E-state index in [1.165, 1.54) is 0 Å². The molecule has 0 heteroatoms. The molecule has 0 amide bonds. The summed E-state index contributed by atoms with van der Waals surface area (Å²) in [6, 6.07) is 0. The van der Waals surface area contributed by atoms with Gasteiger partial charge >= 0.3 is 0 Å². The van der Waals surface area contributed by atoms with Crippen LogP contribution in [0.15, 0.2) is 0 Å². The van der Waals surface area contributed by atoms with Crippen molar-refractivity contribution >= 4 is 291 Å². The van der Waals surface area contributed by atoms with E-state index in [1.54, 1.807) is 319 Å². The van der Waals surface area contributed by atoms with Gasteiger partial charge in [-0.25, -0.2) is 0 Å². The minimum atomic E-state index is -0.134. The van der Waals surface area contributed by atoms with Crippen molar-refractivity contribution in [3.05, 3.63) is 28.2 Å². The maximum Gasteiger partial charge on any atom is 0.0515 e. The van der Waals surface area contributed by atoms with Crippen LogP contribution in [0.25, 0.3) is 291 Å². The summed E-state index contributed by atoms with van der Waals surface area (Å²) >= 11 is 0. The van der Waals surface area contributed by atoms with E-state index in [-0.39, 0.29) is 5.41 Å². The zero-order chi connectivity index (χ0) is 36.3. The lowest BCUT2D eigenvalue weighted by atomic mass is 9.58. The SMILES string of the molecule is CCC12[C]3c4c5c1c1c6c7c2c2c8c3c3c9c4c4c%10c5c5c1c1c6c6c%11c7c2c2c7c8c3c3c8c9c4c4c9c%10c5c5c1c1c6c6c%11c2c2c7c3c3c8c4c4c9c5c1c1c6c2c3c41. The highest BCUT2D eigenvalue weighted by Crippen LogP contribution is 2.83. The minimum Gasteiger partial charge on any atom is -0.0642 e. The third-order valence-corrected chi connectivity index (χ3v) is 23.6. The van der Waals surface area contributed by atoms with Crippen molar-refractivity contribution in [2.45, 2.75) is 18.8 Å². The highest BCUT2D eigenvalue weighted by Gasteiger charge is 2.62. The lowest BCUT2D eigenvalue weighted by molar-refractivity contribution is 0.573. The van der Waals surface area contributed by atoms with Crippen molar-refractivity contribution in [2.75, 3.05) is 0 Å². The molecular weight excluding hydrogens is 745 g/mol. The average Bonchev–Trinajstić information content (AvgIpc) is 4.13. The molecule has 0 nitrogen and oxygen atoms in total. The molecule has 28 aromatic rings. The van der Waals surface area contributed by atoms with Crippen molar-refractivity contribution < 1.29 is 0 Å². The lowest BCUT2D eigenvalue weighted by Gasteiger charge is -2.43. The molecule has 0 N–H and O–H groups in total. The van der Waals surface area contributed by atoms with Crippen LogP contribution in [0.4, 0.5) is 0 Å². The molecular formula is C62H5. The Morgan fingerprint density at radius 1 is 0.177 bits per heavy atom. The van der Waals surface area contributed by atoms with Gasteiger partial charge in [0.15, 0.2) is 0 Å². The molecule has 0 heterocycles. The summed E-state index contributed by atoms with van der Waals surface area (Å²) < 4.78 is 0. The molecule has 4 aliphatic carbocycles. The predicted molar refractivity (Wildman–Crippen MR) is 265 cm³/mol. The molecule has 62 heavy (non-hydrogen) atoms. The van der Waals surface area contributed by atoms with Gasteiger partial charge in [0.1, 0.15) is 0 Å². The van der Waals surface area contributed by atoms with Gasteiger partial charge in [0.05, 0.1) is 5.92 Å². The van der Waals surface area contributed by atoms with Crippen LogP contribution in [0.3, 0.4) is 0 Å². The fourth-order valence-corrected chi connectivity index (χ4v) is 23.6. The summed E-state index contributed by atoms with van der Waals surface area (Å²) in [5, 5.41) is 90.7. The monoisotopic (exact) mass is 749 g/mol. The van der Waals surface area contributed by atoms with E-state index in [2.05, 4.69) is 6.92 Å². The Kier molecular flexibility index (Phi) is 1.66. The van der Waals surface area contributed by atoms with Crippen molar-refractivity contribution in [3.63, 3.8) is 0 Å². The molecule has 0 saturated heterocycles. The maximum absolute atomic E-state index is 2.62. The number of hydrogen-bond donors (Lipinski definition) is 0. The Hall–Kier alpha value is -7.54. The second kappa shape index (κ2) is 4.72. The average molecular weight is 750 g/mol. The molecule has 0 bridgehead atoms. The quantitative estimate of drug-likeness (QED) is 0.147. The van der Waals surface area contributed by atoms with Gasteiger partial charge in [-0.05, 0) is 320 Å². The Balaban J connectivity index is 1.32. The first-order valence-electron chi connectivity index (χ1n) is 23.6. The maximum atomic E-state index is 2.62. The largest absolute Gasteiger partial charge is 0.0642 e. The topological polar surface area (TPSA) is 0 Å². The Labute approximate surface area is 336 Å². The summed E-state index contributed by atoms with van der Waals surface area (Å²) in [7, 11) is 0. The number of rotatable bonds is 1. The second-order valence-electron chi connectivity index (χ2n) is 23.4. The molecule has 1 radical (unpaired) electrons. The lowest BCUT2D eigenvalue weighted by Crippen LogP contribution is -2.35. The molecule has 0 aliphatic heterocycles. The van der Waals surface area contributed by atoms with E-state index in [9.17, 15) is 0 Å². The fourth-order valence-electron chi connectivity index (χ4n) is 23.6. The van der Waals surface area contributed by atoms with Crippen LogP contribution in [0.5, 0.6) is 0 Å². The number of benzene rings is 17. The molecule has 0 saturated carbocycles. The Morgan fingerprint density at radius 3 is 0.597 bits per heavy atom. The molecule has 4 aliphatic rings. The third kappa shape index (κ3) is 1.06. The van der Waals surface area contributed by atoms with E-state index in [0.29, 0.717) is 0 Å². The summed E-state index contributed by atoms with van der Waals surface area (Å²) in [6.07, 6.45) is 1.14. The minimum absolute atomic E-state index is 0.134. The van der Waals surface area contributed by atoms with Gasteiger partial charge < -0.3 is 0 Å². The van der Waals surface area contributed by atoms with E-state index in [0.717, 1.165) is 6.42 Å². The van der Waals surface area contributed by atoms with Crippen LogP contribution in [0.1, 0.15) is 35.6 Å². The van der Waals surface area contributed by atoms with Gasteiger partial charge in [0.2, 0.25) is 0 Å². The standard InChI is InChI=1S/C62H5/c1-2-62-59-55-49-35-27-19-7-4-3-5-8(7)20-22-18-12(5)14-10-6(3)9-13-11(4)17-21(19)33(35)41-39-25(17)23(13)31-29-15(9)16(10)30-32-24(14)26(18)40-42-34(22)36(28(20)27)50(49)56(59)52(42)54-46(40)44(32)48-38(30)37(29)47-43(31)45(39)53(51(41)55)60(62)57(47)58(48)61(54)62/h2H2,1H3. The first kappa shape index (κ1) is 21.8. The Bertz CT molecular complexity index is 6950.